The van der Waals surface area contributed by atoms with Crippen molar-refractivity contribution in [1.29, 1.82) is 0 Å². The van der Waals surface area contributed by atoms with Crippen LogP contribution < -0.4 is 16.8 Å². The molecule has 1 aromatic carbocycles. The number of hydrogen-bond donors (Lipinski definition) is 3. The van der Waals surface area contributed by atoms with Crippen molar-refractivity contribution < 1.29 is 9.59 Å². The first-order valence-electron chi connectivity index (χ1n) is 11.9. The molecule has 33 heavy (non-hydrogen) atoms. The quantitative estimate of drug-likeness (QED) is 0.525. The monoisotopic (exact) mass is 450 g/mol. The number of fused-ring (bicyclic) bond motifs is 1. The van der Waals surface area contributed by atoms with Crippen LogP contribution in [0.2, 0.25) is 0 Å². The number of amides is 1. The van der Waals surface area contributed by atoms with E-state index >= 15 is 0 Å². The van der Waals surface area contributed by atoms with E-state index in [4.69, 9.17) is 11.5 Å². The Labute approximate surface area is 194 Å². The van der Waals surface area contributed by atoms with Crippen molar-refractivity contribution >= 4 is 28.4 Å². The summed E-state index contributed by atoms with van der Waals surface area (Å²) in [5.41, 5.74) is 13.9. The number of nitrogens with one attached hydrogen (secondary N) is 1. The van der Waals surface area contributed by atoms with E-state index in [9.17, 15) is 9.59 Å². The fourth-order valence-electron chi connectivity index (χ4n) is 4.88. The van der Waals surface area contributed by atoms with Crippen molar-refractivity contribution in [2.24, 2.45) is 11.7 Å². The predicted molar refractivity (Wildman–Crippen MR) is 129 cm³/mol. The lowest BCUT2D eigenvalue weighted by molar-refractivity contribution is -0.125. The molecule has 1 aliphatic carbocycles. The Bertz CT molecular complexity index is 1020. The van der Waals surface area contributed by atoms with Crippen molar-refractivity contribution in [2.45, 2.75) is 57.0 Å². The predicted octanol–water partition coefficient (Wildman–Crippen LogP) is 1.98. The molecule has 1 amide bonds. The average Bonchev–Trinajstić information content (AvgIpc) is 2.81. The molecule has 1 aliphatic heterocycles. The van der Waals surface area contributed by atoms with E-state index in [0.29, 0.717) is 43.7 Å². The molecule has 4 rings (SSSR count). The first-order valence-corrected chi connectivity index (χ1v) is 11.9. The van der Waals surface area contributed by atoms with Gasteiger partial charge in [-0.05, 0) is 68.2 Å². The maximum Gasteiger partial charge on any atom is 0.234 e. The summed E-state index contributed by atoms with van der Waals surface area (Å²) in [6.07, 6.45) is 11.4. The van der Waals surface area contributed by atoms with Crippen LogP contribution in [0.5, 0.6) is 0 Å². The number of nitrogens with two attached hydrogens (primary N) is 2. The van der Waals surface area contributed by atoms with Crippen LogP contribution in [-0.4, -0.2) is 58.3 Å². The summed E-state index contributed by atoms with van der Waals surface area (Å²) >= 11 is 0. The first kappa shape index (κ1) is 23.3. The second-order valence-electron chi connectivity index (χ2n) is 9.33. The van der Waals surface area contributed by atoms with Gasteiger partial charge in [0.2, 0.25) is 5.91 Å². The molecular formula is C25H34N6O2. The largest absolute Gasteiger partial charge is 0.383 e. The van der Waals surface area contributed by atoms with Gasteiger partial charge in [-0.1, -0.05) is 12.1 Å². The minimum atomic E-state index is 0.0343. The number of hydrogen-bond acceptors (Lipinski definition) is 7. The third-order valence-electron chi connectivity index (χ3n) is 6.88. The van der Waals surface area contributed by atoms with Gasteiger partial charge in [0.05, 0.1) is 12.1 Å². The Morgan fingerprint density at radius 2 is 2.06 bits per heavy atom. The molecule has 8 nitrogen and oxygen atoms in total. The molecule has 1 saturated carbocycles. The number of aromatic nitrogens is 2. The number of benzene rings is 1. The lowest BCUT2D eigenvalue weighted by atomic mass is 9.86. The molecule has 2 heterocycles. The highest BCUT2D eigenvalue weighted by Crippen LogP contribution is 2.25. The van der Waals surface area contributed by atoms with Crippen LogP contribution in [0.15, 0.2) is 36.7 Å². The van der Waals surface area contributed by atoms with E-state index in [1.54, 1.807) is 6.08 Å². The van der Waals surface area contributed by atoms with Gasteiger partial charge in [-0.3, -0.25) is 14.5 Å². The molecule has 0 spiro atoms. The van der Waals surface area contributed by atoms with Crippen molar-refractivity contribution in [3.05, 3.63) is 42.2 Å². The zero-order chi connectivity index (χ0) is 23.2. The van der Waals surface area contributed by atoms with E-state index in [-0.39, 0.29) is 17.7 Å². The number of rotatable bonds is 8. The second kappa shape index (κ2) is 10.9. The van der Waals surface area contributed by atoms with Crippen LogP contribution in [0.1, 0.15) is 44.1 Å². The topological polar surface area (TPSA) is 127 Å². The highest BCUT2D eigenvalue weighted by atomic mass is 16.2. The number of carbonyl (C=O) groups excluding carboxylic acids is 2. The maximum atomic E-state index is 12.6. The lowest BCUT2D eigenvalue weighted by Crippen LogP contribution is -2.52. The van der Waals surface area contributed by atoms with Crippen molar-refractivity contribution in [1.82, 2.24) is 20.2 Å². The fraction of sp³-hybridized carbons (Fsp3) is 0.520. The number of carbonyl (C=O) groups is 2. The molecular weight excluding hydrogens is 416 g/mol. The van der Waals surface area contributed by atoms with Crippen LogP contribution in [0.25, 0.3) is 10.9 Å². The van der Waals surface area contributed by atoms with Gasteiger partial charge in [0.15, 0.2) is 5.78 Å². The zero-order valence-electron chi connectivity index (χ0n) is 19.1. The summed E-state index contributed by atoms with van der Waals surface area (Å²) in [4.78, 5) is 35.2. The number of anilines is 1. The number of allylic oxidation sites excluding steroid dienone is 2. The Kier molecular flexibility index (Phi) is 7.67. The molecule has 2 aliphatic rings. The molecule has 5 N–H and O–H groups in total. The Hall–Kier alpha value is -2.84. The van der Waals surface area contributed by atoms with Crippen LogP contribution >= 0.6 is 0 Å². The summed E-state index contributed by atoms with van der Waals surface area (Å²) in [5, 5.41) is 3.72. The van der Waals surface area contributed by atoms with Gasteiger partial charge in [0.1, 0.15) is 12.1 Å². The van der Waals surface area contributed by atoms with Gasteiger partial charge < -0.3 is 16.8 Å². The van der Waals surface area contributed by atoms with Crippen molar-refractivity contribution in [3.8, 4) is 0 Å². The molecule has 2 aromatic rings. The molecule has 1 aromatic heterocycles. The Morgan fingerprint density at radius 3 is 2.85 bits per heavy atom. The molecule has 0 bridgehead atoms. The van der Waals surface area contributed by atoms with E-state index in [0.717, 1.165) is 55.1 Å². The van der Waals surface area contributed by atoms with Gasteiger partial charge in [-0.25, -0.2) is 9.97 Å². The van der Waals surface area contributed by atoms with Gasteiger partial charge in [-0.2, -0.15) is 0 Å². The minimum absolute atomic E-state index is 0.0343. The maximum absolute atomic E-state index is 12.6. The lowest BCUT2D eigenvalue weighted by Gasteiger charge is -2.34. The normalized spacial score (nSPS) is 23.0. The molecule has 176 valence electrons. The summed E-state index contributed by atoms with van der Waals surface area (Å²) in [6, 6.07) is 6.42. The number of nitrogen functional groups attached to an aromatic ring is 1. The van der Waals surface area contributed by atoms with Crippen LogP contribution in [0.4, 0.5) is 5.82 Å². The Morgan fingerprint density at radius 1 is 1.24 bits per heavy atom. The summed E-state index contributed by atoms with van der Waals surface area (Å²) in [5.74, 6) is 1.11. The van der Waals surface area contributed by atoms with Crippen molar-refractivity contribution in [3.63, 3.8) is 0 Å². The molecule has 0 radical (unpaired) electrons. The summed E-state index contributed by atoms with van der Waals surface area (Å²) < 4.78 is 0. The van der Waals surface area contributed by atoms with Crippen LogP contribution in [-0.2, 0) is 16.0 Å². The second-order valence-corrected chi connectivity index (χ2v) is 9.33. The zero-order valence-corrected chi connectivity index (χ0v) is 19.1. The van der Waals surface area contributed by atoms with E-state index in [2.05, 4.69) is 26.3 Å². The van der Waals surface area contributed by atoms with E-state index in [1.165, 1.54) is 6.33 Å². The smallest absolute Gasteiger partial charge is 0.234 e. The van der Waals surface area contributed by atoms with Gasteiger partial charge in [0.25, 0.3) is 0 Å². The number of nitrogens with zero attached hydrogens (tertiary/aromatic N) is 3. The van der Waals surface area contributed by atoms with Gasteiger partial charge in [-0.15, -0.1) is 0 Å². The summed E-state index contributed by atoms with van der Waals surface area (Å²) in [6.45, 7) is 1.78. The molecule has 2 fully saturated rings. The van der Waals surface area contributed by atoms with Crippen molar-refractivity contribution in [2.75, 3.05) is 25.4 Å². The SMILES string of the molecule is Nc1ncnc2cc(CC(CCC(=O)C=CC3CCC(N)CC3)N3CCNC(=O)C3)ccc12. The Balaban J connectivity index is 1.41. The van der Waals surface area contributed by atoms with E-state index in [1.807, 2.05) is 18.2 Å². The van der Waals surface area contributed by atoms with Crippen LogP contribution in [0.3, 0.4) is 0 Å². The highest BCUT2D eigenvalue weighted by Gasteiger charge is 2.25. The molecule has 8 heteroatoms. The molecule has 1 unspecified atom stereocenters. The fourth-order valence-corrected chi connectivity index (χ4v) is 4.88. The van der Waals surface area contributed by atoms with E-state index < -0.39 is 0 Å². The third kappa shape index (κ3) is 6.36. The summed E-state index contributed by atoms with van der Waals surface area (Å²) in [7, 11) is 0. The van der Waals surface area contributed by atoms with Gasteiger partial charge >= 0.3 is 0 Å². The standard InChI is InChI=1S/C25H34N6O2/c26-19-5-1-17(2-6-19)3-8-21(32)9-7-20(31-12-11-28-24(33)15-31)13-18-4-10-22-23(14-18)29-16-30-25(22)27/h3-4,8,10,14,16-17,19-20H,1-2,5-7,9,11-13,15,26H2,(H,28,33)(H2,27,29,30). The third-order valence-corrected chi connectivity index (χ3v) is 6.88. The first-order chi connectivity index (χ1) is 16.0. The number of ketones is 1. The average molecular weight is 451 g/mol. The molecule has 1 atom stereocenters. The minimum Gasteiger partial charge on any atom is -0.383 e. The number of piperazine rings is 1. The highest BCUT2D eigenvalue weighted by molar-refractivity contribution is 5.89. The van der Waals surface area contributed by atoms with Crippen LogP contribution in [0, 0.1) is 5.92 Å². The van der Waals surface area contributed by atoms with Gasteiger partial charge in [0, 0.05) is 37.0 Å². The molecule has 1 saturated heterocycles.